The van der Waals surface area contributed by atoms with Crippen LogP contribution in [0.25, 0.3) is 10.9 Å². The maximum atomic E-state index is 12.6. The smallest absolute Gasteiger partial charge is 0.348 e. The van der Waals surface area contributed by atoms with E-state index in [-0.39, 0.29) is 12.1 Å². The Morgan fingerprint density at radius 3 is 2.48 bits per heavy atom. The van der Waals surface area contributed by atoms with Crippen molar-refractivity contribution in [2.45, 2.75) is 25.7 Å². The number of amides is 1. The number of para-hydroxylation sites is 1. The van der Waals surface area contributed by atoms with Crippen LogP contribution < -0.4 is 10.9 Å². The van der Waals surface area contributed by atoms with E-state index in [1.54, 1.807) is 31.2 Å². The first-order chi connectivity index (χ1) is 12.8. The molecule has 0 aliphatic heterocycles. The molecule has 0 saturated heterocycles. The average molecular weight is 375 g/mol. The number of carbonyl (C=O) groups is 1. The van der Waals surface area contributed by atoms with Gasteiger partial charge in [0.15, 0.2) is 0 Å². The van der Waals surface area contributed by atoms with Gasteiger partial charge < -0.3 is 5.32 Å². The Kier molecular flexibility index (Phi) is 4.98. The Hall–Kier alpha value is -3.16. The SMILES string of the molecule is C[C@H](NC(=O)Cn1cnc2ccccc2c1=O)c1ccc(C(F)(F)F)cc1. The zero-order valence-electron chi connectivity index (χ0n) is 14.3. The van der Waals surface area contributed by atoms with Gasteiger partial charge in [0.25, 0.3) is 5.56 Å². The van der Waals surface area contributed by atoms with Crippen molar-refractivity contribution in [3.8, 4) is 0 Å². The van der Waals surface area contributed by atoms with E-state index in [4.69, 9.17) is 0 Å². The second kappa shape index (κ2) is 7.22. The summed E-state index contributed by atoms with van der Waals surface area (Å²) in [4.78, 5) is 28.8. The van der Waals surface area contributed by atoms with E-state index in [0.29, 0.717) is 16.5 Å². The number of carbonyl (C=O) groups excluding carboxylic acids is 1. The highest BCUT2D eigenvalue weighted by atomic mass is 19.4. The third-order valence-electron chi connectivity index (χ3n) is 4.16. The van der Waals surface area contributed by atoms with Crippen LogP contribution in [0, 0.1) is 0 Å². The molecular formula is C19H16F3N3O2. The minimum absolute atomic E-state index is 0.234. The van der Waals surface area contributed by atoms with Gasteiger partial charge in [0.05, 0.1) is 28.8 Å². The Morgan fingerprint density at radius 2 is 1.81 bits per heavy atom. The number of aromatic nitrogens is 2. The number of nitrogens with one attached hydrogen (secondary N) is 1. The zero-order valence-corrected chi connectivity index (χ0v) is 14.3. The predicted octanol–water partition coefficient (Wildman–Crippen LogP) is 3.29. The topological polar surface area (TPSA) is 64.0 Å². The van der Waals surface area contributed by atoms with Gasteiger partial charge in [-0.05, 0) is 36.8 Å². The van der Waals surface area contributed by atoms with Crippen molar-refractivity contribution in [1.82, 2.24) is 14.9 Å². The van der Waals surface area contributed by atoms with Gasteiger partial charge in [-0.1, -0.05) is 24.3 Å². The van der Waals surface area contributed by atoms with Crippen LogP contribution in [-0.4, -0.2) is 15.5 Å². The molecule has 2 aromatic carbocycles. The molecule has 0 spiro atoms. The third-order valence-corrected chi connectivity index (χ3v) is 4.16. The third kappa shape index (κ3) is 4.16. The highest BCUT2D eigenvalue weighted by Gasteiger charge is 2.30. The van der Waals surface area contributed by atoms with Crippen LogP contribution in [0.3, 0.4) is 0 Å². The molecule has 1 aromatic heterocycles. The lowest BCUT2D eigenvalue weighted by molar-refractivity contribution is -0.137. The molecule has 0 radical (unpaired) electrons. The predicted molar refractivity (Wildman–Crippen MR) is 94.0 cm³/mol. The minimum Gasteiger partial charge on any atom is -0.348 e. The molecule has 0 fully saturated rings. The van der Waals surface area contributed by atoms with Crippen molar-refractivity contribution in [2.24, 2.45) is 0 Å². The molecule has 8 heteroatoms. The standard InChI is InChI=1S/C19H16F3N3O2/c1-12(13-6-8-14(9-7-13)19(20,21)22)24-17(26)10-25-11-23-16-5-3-2-4-15(16)18(25)27/h2-9,11-12H,10H2,1H3,(H,24,26)/t12-/m0/s1. The number of halogens is 3. The molecule has 5 nitrogen and oxygen atoms in total. The van der Waals surface area contributed by atoms with Crippen molar-refractivity contribution in [3.05, 3.63) is 76.3 Å². The van der Waals surface area contributed by atoms with Gasteiger partial charge in [0.1, 0.15) is 6.54 Å². The van der Waals surface area contributed by atoms with E-state index < -0.39 is 23.7 Å². The van der Waals surface area contributed by atoms with Gasteiger partial charge in [-0.2, -0.15) is 13.2 Å². The first-order valence-corrected chi connectivity index (χ1v) is 8.16. The highest BCUT2D eigenvalue weighted by molar-refractivity contribution is 5.79. The maximum Gasteiger partial charge on any atom is 0.416 e. The number of fused-ring (bicyclic) bond motifs is 1. The van der Waals surface area contributed by atoms with Crippen molar-refractivity contribution >= 4 is 16.8 Å². The molecular weight excluding hydrogens is 359 g/mol. The summed E-state index contributed by atoms with van der Waals surface area (Å²) in [5, 5.41) is 3.08. The summed E-state index contributed by atoms with van der Waals surface area (Å²) in [5.41, 5.74) is -0.0193. The van der Waals surface area contributed by atoms with Gasteiger partial charge in [-0.25, -0.2) is 4.98 Å². The first kappa shape index (κ1) is 18.6. The normalized spacial score (nSPS) is 12.7. The van der Waals surface area contributed by atoms with Crippen LogP contribution in [0.4, 0.5) is 13.2 Å². The van der Waals surface area contributed by atoms with Gasteiger partial charge in [-0.3, -0.25) is 14.2 Å². The van der Waals surface area contributed by atoms with Gasteiger partial charge >= 0.3 is 6.18 Å². The molecule has 1 N–H and O–H groups in total. The van der Waals surface area contributed by atoms with Crippen molar-refractivity contribution in [3.63, 3.8) is 0 Å². The molecule has 27 heavy (non-hydrogen) atoms. The summed E-state index contributed by atoms with van der Waals surface area (Å²) in [5.74, 6) is -0.443. The number of nitrogens with zero attached hydrogens (tertiary/aromatic N) is 2. The molecule has 140 valence electrons. The van der Waals surface area contributed by atoms with Crippen LogP contribution in [0.5, 0.6) is 0 Å². The summed E-state index contributed by atoms with van der Waals surface area (Å²) < 4.78 is 39.0. The second-order valence-electron chi connectivity index (χ2n) is 6.10. The molecule has 1 atom stereocenters. The van der Waals surface area contributed by atoms with Gasteiger partial charge in [0, 0.05) is 0 Å². The quantitative estimate of drug-likeness (QED) is 0.761. The van der Waals surface area contributed by atoms with Crippen molar-refractivity contribution in [1.29, 1.82) is 0 Å². The van der Waals surface area contributed by atoms with Crippen LogP contribution in [0.15, 0.2) is 59.7 Å². The largest absolute Gasteiger partial charge is 0.416 e. The Morgan fingerprint density at radius 1 is 1.15 bits per heavy atom. The maximum absolute atomic E-state index is 12.6. The fraction of sp³-hybridized carbons (Fsp3) is 0.211. The fourth-order valence-electron chi connectivity index (χ4n) is 2.70. The molecule has 0 bridgehead atoms. The van der Waals surface area contributed by atoms with Crippen LogP contribution in [0.1, 0.15) is 24.1 Å². The first-order valence-electron chi connectivity index (χ1n) is 8.16. The van der Waals surface area contributed by atoms with Crippen LogP contribution >= 0.6 is 0 Å². The van der Waals surface area contributed by atoms with Crippen LogP contribution in [-0.2, 0) is 17.5 Å². The van der Waals surface area contributed by atoms with Gasteiger partial charge in [-0.15, -0.1) is 0 Å². The Labute approximate surface area is 152 Å². The number of hydrogen-bond acceptors (Lipinski definition) is 3. The Bertz CT molecular complexity index is 1030. The summed E-state index contributed by atoms with van der Waals surface area (Å²) in [6.07, 6.45) is -3.11. The van der Waals surface area contributed by atoms with E-state index in [1.807, 2.05) is 0 Å². The lowest BCUT2D eigenvalue weighted by Gasteiger charge is -2.16. The zero-order chi connectivity index (χ0) is 19.6. The minimum atomic E-state index is -4.41. The number of hydrogen-bond donors (Lipinski definition) is 1. The van der Waals surface area contributed by atoms with E-state index in [1.165, 1.54) is 23.0 Å². The number of alkyl halides is 3. The molecule has 0 unspecified atom stereocenters. The average Bonchev–Trinajstić information content (AvgIpc) is 2.63. The monoisotopic (exact) mass is 375 g/mol. The molecule has 0 aliphatic rings. The second-order valence-corrected chi connectivity index (χ2v) is 6.10. The van der Waals surface area contributed by atoms with E-state index in [9.17, 15) is 22.8 Å². The summed E-state index contributed by atoms with van der Waals surface area (Å²) in [6, 6.07) is 10.9. The molecule has 0 saturated carbocycles. The van der Waals surface area contributed by atoms with Gasteiger partial charge in [0.2, 0.25) is 5.91 Å². The summed E-state index contributed by atoms with van der Waals surface area (Å²) in [6.45, 7) is 1.42. The molecule has 1 amide bonds. The van der Waals surface area contributed by atoms with E-state index in [2.05, 4.69) is 10.3 Å². The van der Waals surface area contributed by atoms with Crippen LogP contribution in [0.2, 0.25) is 0 Å². The molecule has 0 aliphatic carbocycles. The molecule has 1 heterocycles. The summed E-state index contributed by atoms with van der Waals surface area (Å²) in [7, 11) is 0. The lowest BCUT2D eigenvalue weighted by atomic mass is 10.1. The lowest BCUT2D eigenvalue weighted by Crippen LogP contribution is -2.34. The number of rotatable bonds is 4. The summed E-state index contributed by atoms with van der Waals surface area (Å²) >= 11 is 0. The fourth-order valence-corrected chi connectivity index (χ4v) is 2.70. The molecule has 3 aromatic rings. The van der Waals surface area contributed by atoms with E-state index in [0.717, 1.165) is 12.1 Å². The Balaban J connectivity index is 1.70. The number of benzene rings is 2. The highest BCUT2D eigenvalue weighted by Crippen LogP contribution is 2.29. The van der Waals surface area contributed by atoms with Crippen molar-refractivity contribution in [2.75, 3.05) is 0 Å². The molecule has 3 rings (SSSR count). The van der Waals surface area contributed by atoms with Crippen molar-refractivity contribution < 1.29 is 18.0 Å². The van der Waals surface area contributed by atoms with E-state index >= 15 is 0 Å².